The summed E-state index contributed by atoms with van der Waals surface area (Å²) in [6, 6.07) is 18.8. The van der Waals surface area contributed by atoms with E-state index in [1.165, 1.54) is 16.6 Å². The lowest BCUT2D eigenvalue weighted by molar-refractivity contribution is 0.278. The van der Waals surface area contributed by atoms with Crippen LogP contribution < -0.4 is 5.32 Å². The van der Waals surface area contributed by atoms with Crippen molar-refractivity contribution in [3.63, 3.8) is 0 Å². The lowest BCUT2D eigenvalue weighted by Gasteiger charge is -2.37. The van der Waals surface area contributed by atoms with Crippen molar-refractivity contribution in [2.45, 2.75) is 31.3 Å². The molecule has 2 atom stereocenters. The molecule has 0 aliphatic carbocycles. The van der Waals surface area contributed by atoms with E-state index in [1.54, 1.807) is 0 Å². The van der Waals surface area contributed by atoms with Crippen LogP contribution in [0.3, 0.4) is 0 Å². The van der Waals surface area contributed by atoms with Crippen LogP contribution in [0.15, 0.2) is 60.8 Å². The summed E-state index contributed by atoms with van der Waals surface area (Å²) in [5, 5.41) is 5.08. The summed E-state index contributed by atoms with van der Waals surface area (Å²) in [4.78, 5) is 11.9. The van der Waals surface area contributed by atoms with Crippen molar-refractivity contribution in [2.24, 2.45) is 5.92 Å². The molecule has 7 heteroatoms. The fourth-order valence-electron chi connectivity index (χ4n) is 5.34. The first-order valence-electron chi connectivity index (χ1n) is 11.2. The number of aromatic nitrogens is 3. The highest BCUT2D eigenvalue weighted by Crippen LogP contribution is 2.42. The van der Waals surface area contributed by atoms with Crippen LogP contribution in [-0.4, -0.2) is 34.9 Å². The minimum atomic E-state index is -2.91. The Morgan fingerprint density at radius 2 is 1.66 bits per heavy atom. The Balaban J connectivity index is 1.38. The second-order valence-electron chi connectivity index (χ2n) is 9.00. The number of hydrogen-bond donors (Lipinski definition) is 3. The van der Waals surface area contributed by atoms with Crippen molar-refractivity contribution in [1.29, 1.82) is 0 Å². The maximum absolute atomic E-state index is 12.0. The van der Waals surface area contributed by atoms with Gasteiger partial charge in [-0.2, -0.15) is 0 Å². The first-order valence-corrected chi connectivity index (χ1v) is 13.1. The van der Waals surface area contributed by atoms with Gasteiger partial charge >= 0.3 is 0 Å². The molecular weight excluding hydrogens is 420 g/mol. The summed E-state index contributed by atoms with van der Waals surface area (Å²) in [6.45, 7) is 0. The molecule has 164 valence electrons. The maximum atomic E-state index is 12.0. The molecule has 32 heavy (non-hydrogen) atoms. The molecule has 2 aromatic heterocycles. The lowest BCUT2D eigenvalue weighted by Crippen LogP contribution is -2.40. The van der Waals surface area contributed by atoms with Crippen LogP contribution in [-0.2, 0) is 16.3 Å². The van der Waals surface area contributed by atoms with Gasteiger partial charge in [0.25, 0.3) is 0 Å². The number of nitrogens with one attached hydrogen (secondary N) is 3. The summed E-state index contributed by atoms with van der Waals surface area (Å²) in [6.07, 6.45) is 4.12. The molecule has 4 heterocycles. The molecule has 0 saturated carbocycles. The number of nitrogens with zero attached hydrogens (tertiary/aromatic N) is 1. The molecule has 4 aromatic rings. The summed E-state index contributed by atoms with van der Waals surface area (Å²) in [7, 11) is -2.91. The van der Waals surface area contributed by atoms with E-state index in [4.69, 9.17) is 4.98 Å². The molecule has 1 fully saturated rings. The van der Waals surface area contributed by atoms with E-state index in [9.17, 15) is 8.42 Å². The molecular formula is C25H26N4O2S. The highest BCUT2D eigenvalue weighted by Gasteiger charge is 2.38. The van der Waals surface area contributed by atoms with Gasteiger partial charge in [-0.3, -0.25) is 5.32 Å². The zero-order chi connectivity index (χ0) is 21.7. The van der Waals surface area contributed by atoms with Crippen molar-refractivity contribution >= 4 is 20.7 Å². The molecule has 0 amide bonds. The average molecular weight is 447 g/mol. The van der Waals surface area contributed by atoms with E-state index in [1.807, 2.05) is 24.4 Å². The monoisotopic (exact) mass is 446 g/mol. The van der Waals surface area contributed by atoms with Crippen molar-refractivity contribution in [1.82, 2.24) is 20.3 Å². The second-order valence-corrected chi connectivity index (χ2v) is 11.3. The van der Waals surface area contributed by atoms with E-state index in [2.05, 4.69) is 51.7 Å². The number of imidazole rings is 1. The van der Waals surface area contributed by atoms with Gasteiger partial charge in [0, 0.05) is 16.6 Å². The highest BCUT2D eigenvalue weighted by molar-refractivity contribution is 7.91. The van der Waals surface area contributed by atoms with Crippen LogP contribution in [0.4, 0.5) is 0 Å². The Kier molecular flexibility index (Phi) is 4.69. The van der Waals surface area contributed by atoms with Crippen LogP contribution in [0.5, 0.6) is 0 Å². The van der Waals surface area contributed by atoms with Gasteiger partial charge in [0.1, 0.15) is 15.7 Å². The molecule has 1 saturated heterocycles. The van der Waals surface area contributed by atoms with Gasteiger partial charge in [0.05, 0.1) is 35.5 Å². The Morgan fingerprint density at radius 3 is 2.47 bits per heavy atom. The van der Waals surface area contributed by atoms with Gasteiger partial charge in [0.2, 0.25) is 0 Å². The normalized spacial score (nSPS) is 23.2. The summed E-state index contributed by atoms with van der Waals surface area (Å²) in [5.41, 5.74) is 5.79. The number of fused-ring (bicyclic) bond motifs is 3. The summed E-state index contributed by atoms with van der Waals surface area (Å²) < 4.78 is 24.1. The molecule has 2 aromatic carbocycles. The molecule has 6 rings (SSSR count). The van der Waals surface area contributed by atoms with Crippen LogP contribution in [0, 0.1) is 5.92 Å². The third kappa shape index (κ3) is 3.45. The fraction of sp³-hybridized carbons (Fsp3) is 0.320. The van der Waals surface area contributed by atoms with Gasteiger partial charge in [-0.05, 0) is 42.4 Å². The Hall–Kier alpha value is -2.90. The first kappa shape index (κ1) is 19.8. The summed E-state index contributed by atoms with van der Waals surface area (Å²) >= 11 is 0. The smallest absolute Gasteiger partial charge is 0.150 e. The molecule has 2 aliphatic heterocycles. The minimum absolute atomic E-state index is 0.0442. The number of hydrogen-bond acceptors (Lipinski definition) is 4. The second kappa shape index (κ2) is 7.60. The molecule has 2 aliphatic rings. The third-order valence-corrected chi connectivity index (χ3v) is 8.74. The molecule has 1 unspecified atom stereocenters. The molecule has 6 nitrogen and oxygen atoms in total. The Labute approximate surface area is 187 Å². The van der Waals surface area contributed by atoms with Crippen molar-refractivity contribution < 1.29 is 8.42 Å². The van der Waals surface area contributed by atoms with Gasteiger partial charge < -0.3 is 9.97 Å². The third-order valence-electron chi connectivity index (χ3n) is 7.03. The number of benzene rings is 2. The van der Waals surface area contributed by atoms with Crippen molar-refractivity contribution in [3.8, 4) is 11.3 Å². The highest BCUT2D eigenvalue weighted by atomic mass is 32.2. The van der Waals surface area contributed by atoms with Crippen molar-refractivity contribution in [2.75, 3.05) is 11.5 Å². The Morgan fingerprint density at radius 1 is 0.906 bits per heavy atom. The van der Waals surface area contributed by atoms with Gasteiger partial charge in [-0.1, -0.05) is 48.5 Å². The van der Waals surface area contributed by atoms with Gasteiger partial charge in [-0.15, -0.1) is 0 Å². The van der Waals surface area contributed by atoms with Crippen LogP contribution >= 0.6 is 0 Å². The zero-order valence-electron chi connectivity index (χ0n) is 17.7. The quantitative estimate of drug-likeness (QED) is 0.437. The predicted molar refractivity (Wildman–Crippen MR) is 126 cm³/mol. The van der Waals surface area contributed by atoms with E-state index in [0.717, 1.165) is 29.0 Å². The number of sulfone groups is 1. The molecule has 0 spiro atoms. The van der Waals surface area contributed by atoms with Crippen LogP contribution in [0.2, 0.25) is 0 Å². The number of rotatable bonds is 3. The van der Waals surface area contributed by atoms with Crippen molar-refractivity contribution in [3.05, 3.63) is 77.9 Å². The largest absolute Gasteiger partial charge is 0.357 e. The molecule has 3 N–H and O–H groups in total. The predicted octanol–water partition coefficient (Wildman–Crippen LogP) is 4.31. The average Bonchev–Trinajstić information content (AvgIpc) is 3.45. The van der Waals surface area contributed by atoms with E-state index in [-0.39, 0.29) is 29.5 Å². The van der Waals surface area contributed by atoms with E-state index in [0.29, 0.717) is 12.8 Å². The maximum Gasteiger partial charge on any atom is 0.150 e. The van der Waals surface area contributed by atoms with Gasteiger partial charge in [0.15, 0.2) is 0 Å². The Bertz CT molecular complexity index is 1360. The number of para-hydroxylation sites is 1. The lowest BCUT2D eigenvalue weighted by atomic mass is 9.84. The van der Waals surface area contributed by atoms with E-state index < -0.39 is 9.84 Å². The molecule has 0 radical (unpaired) electrons. The summed E-state index contributed by atoms with van der Waals surface area (Å²) in [5.74, 6) is 1.74. The zero-order valence-corrected chi connectivity index (χ0v) is 18.5. The SMILES string of the molecule is O=S1(=O)CCC(C2N[C@@H](c3ncc(-c4ccccc4)[nH]3)Cc3c2[nH]c2ccccc32)CC1. The van der Waals surface area contributed by atoms with E-state index >= 15 is 0 Å². The number of H-pyrrole nitrogens is 2. The van der Waals surface area contributed by atoms with Crippen LogP contribution in [0.25, 0.3) is 22.2 Å². The van der Waals surface area contributed by atoms with Crippen LogP contribution in [0.1, 0.15) is 42.0 Å². The standard InChI is InChI=1S/C25H26N4O2S/c30-32(31)12-10-17(11-13-32)23-24-19(18-8-4-5-9-20(18)27-24)14-21(28-23)25-26-15-22(29-25)16-6-2-1-3-7-16/h1-9,15,17,21,23,27-28H,10-14H2,(H,26,29)/t21-,23?/m1/s1. The first-order chi connectivity index (χ1) is 15.6. The topological polar surface area (TPSA) is 90.6 Å². The van der Waals surface area contributed by atoms with Gasteiger partial charge in [-0.25, -0.2) is 13.4 Å². The minimum Gasteiger partial charge on any atom is -0.357 e. The molecule has 0 bridgehead atoms. The fourth-order valence-corrected chi connectivity index (χ4v) is 6.86. The number of aromatic amines is 2.